The van der Waals surface area contributed by atoms with Crippen LogP contribution >= 0.6 is 0 Å². The van der Waals surface area contributed by atoms with Crippen molar-refractivity contribution in [1.82, 2.24) is 0 Å². The van der Waals surface area contributed by atoms with Crippen molar-refractivity contribution in [3.63, 3.8) is 0 Å². The van der Waals surface area contributed by atoms with Gasteiger partial charge < -0.3 is 23.4 Å². The Morgan fingerprint density at radius 3 is 2.09 bits per heavy atom. The molecule has 0 aromatic heterocycles. The van der Waals surface area contributed by atoms with E-state index in [2.05, 4.69) is 108 Å². The van der Waals surface area contributed by atoms with E-state index in [1.54, 1.807) is 0 Å². The lowest BCUT2D eigenvalue weighted by Crippen LogP contribution is -2.67. The molecule has 2 aliphatic rings. The molecule has 45 heavy (non-hydrogen) atoms. The predicted octanol–water partition coefficient (Wildman–Crippen LogP) is 7.66. The molecule has 1 heterocycles. The van der Waals surface area contributed by atoms with E-state index in [-0.39, 0.29) is 16.6 Å². The van der Waals surface area contributed by atoms with Crippen LogP contribution in [-0.2, 0) is 23.4 Å². The maximum Gasteiger partial charge on any atom is 0.261 e. The third kappa shape index (κ3) is 7.02. The number of ether oxygens (including phenoxy) is 4. The Hall–Kier alpha value is -2.31. The minimum atomic E-state index is -2.75. The summed E-state index contributed by atoms with van der Waals surface area (Å²) in [5, 5.41) is 12.3. The van der Waals surface area contributed by atoms with E-state index >= 15 is 0 Å². The first-order chi connectivity index (χ1) is 21.1. The lowest BCUT2D eigenvalue weighted by Gasteiger charge is -2.52. The molecule has 0 radical (unpaired) electrons. The topological polar surface area (TPSA) is 69.9 Å². The Morgan fingerprint density at radius 2 is 1.58 bits per heavy atom. The molecule has 246 valence electrons. The van der Waals surface area contributed by atoms with E-state index in [1.165, 1.54) is 21.5 Å². The number of allylic oxidation sites excluding steroid dienone is 1. The summed E-state index contributed by atoms with van der Waals surface area (Å²) in [4.78, 5) is 0. The lowest BCUT2D eigenvalue weighted by atomic mass is 9.60. The second kappa shape index (κ2) is 13.8. The van der Waals surface area contributed by atoms with Gasteiger partial charge in [0.15, 0.2) is 12.1 Å². The van der Waals surface area contributed by atoms with Crippen molar-refractivity contribution in [2.75, 3.05) is 13.2 Å². The summed E-state index contributed by atoms with van der Waals surface area (Å²) in [5.41, 5.74) is 1.68. The molecule has 1 fully saturated rings. The number of rotatable bonds is 12. The Kier molecular flexibility index (Phi) is 10.9. The molecule has 4 rings (SSSR count). The van der Waals surface area contributed by atoms with Crippen molar-refractivity contribution in [3.8, 4) is 6.07 Å². The summed E-state index contributed by atoms with van der Waals surface area (Å²) in [6.45, 7) is 22.6. The summed E-state index contributed by atoms with van der Waals surface area (Å²) in [6, 6.07) is 24.0. The first-order valence-corrected chi connectivity index (χ1v) is 18.5. The maximum atomic E-state index is 9.88. The summed E-state index contributed by atoms with van der Waals surface area (Å²) in [5.74, 6) is -0.751. The predicted molar refractivity (Wildman–Crippen MR) is 183 cm³/mol. The minimum Gasteiger partial charge on any atom is -0.403 e. The van der Waals surface area contributed by atoms with Crippen molar-refractivity contribution in [2.24, 2.45) is 5.41 Å². The van der Waals surface area contributed by atoms with E-state index < -0.39 is 32.1 Å². The molecule has 4 atom stereocenters. The van der Waals surface area contributed by atoms with Crippen molar-refractivity contribution in [3.05, 3.63) is 71.8 Å². The Balaban J connectivity index is 1.69. The molecule has 1 aliphatic carbocycles. The zero-order chi connectivity index (χ0) is 33.1. The molecular weight excluding hydrogens is 579 g/mol. The molecule has 7 heteroatoms. The third-order valence-corrected chi connectivity index (χ3v) is 15.0. The van der Waals surface area contributed by atoms with Gasteiger partial charge in [-0.05, 0) is 81.3 Å². The second-order valence-electron chi connectivity index (χ2n) is 14.7. The van der Waals surface area contributed by atoms with E-state index in [0.717, 1.165) is 12.8 Å². The van der Waals surface area contributed by atoms with Crippen molar-refractivity contribution < 1.29 is 23.4 Å². The smallest absolute Gasteiger partial charge is 0.261 e. The Morgan fingerprint density at radius 1 is 1.00 bits per heavy atom. The fourth-order valence-corrected chi connectivity index (χ4v) is 12.4. The first kappa shape index (κ1) is 35.5. The number of hydrogen-bond acceptors (Lipinski definition) is 6. The van der Waals surface area contributed by atoms with Crippen LogP contribution in [0.25, 0.3) is 0 Å². The van der Waals surface area contributed by atoms with Crippen LogP contribution in [0.3, 0.4) is 0 Å². The third-order valence-electron chi connectivity index (χ3n) is 10.0. The van der Waals surface area contributed by atoms with Crippen LogP contribution in [0.5, 0.6) is 0 Å². The van der Waals surface area contributed by atoms with Crippen LogP contribution in [0.15, 0.2) is 71.8 Å². The van der Waals surface area contributed by atoms with Gasteiger partial charge in [-0.3, -0.25) is 0 Å². The molecular formula is C38H55NO5Si. The average molecular weight is 634 g/mol. The SMILES string of the molecule is CCOC(C)OC(C#N)CC[C@@H]1OC(C)(C)O[C@]12CCC(C)=C(CO[Si](c1ccccc1)(c1ccccc1)C(C)(C)C)C2(C)C. The van der Waals surface area contributed by atoms with Crippen LogP contribution in [0.4, 0.5) is 0 Å². The molecule has 1 saturated heterocycles. The van der Waals surface area contributed by atoms with Crippen LogP contribution < -0.4 is 10.4 Å². The van der Waals surface area contributed by atoms with Gasteiger partial charge >= 0.3 is 0 Å². The van der Waals surface area contributed by atoms with Crippen molar-refractivity contribution in [1.29, 1.82) is 5.26 Å². The zero-order valence-corrected chi connectivity index (χ0v) is 30.2. The first-order valence-electron chi connectivity index (χ1n) is 16.6. The lowest BCUT2D eigenvalue weighted by molar-refractivity contribution is -0.186. The second-order valence-corrected chi connectivity index (χ2v) is 19.0. The fourth-order valence-electron chi connectivity index (χ4n) is 7.84. The molecule has 1 spiro atoms. The van der Waals surface area contributed by atoms with E-state index in [4.69, 9.17) is 23.4 Å². The average Bonchev–Trinajstić information content (AvgIpc) is 3.26. The molecule has 0 saturated carbocycles. The normalized spacial score (nSPS) is 24.4. The van der Waals surface area contributed by atoms with Gasteiger partial charge in [0.25, 0.3) is 8.32 Å². The van der Waals surface area contributed by atoms with Gasteiger partial charge in [0, 0.05) is 12.0 Å². The number of hydrogen-bond donors (Lipinski definition) is 0. The number of benzene rings is 2. The molecule has 2 unspecified atom stereocenters. The van der Waals surface area contributed by atoms with Gasteiger partial charge in [-0.2, -0.15) is 5.26 Å². The Labute approximate surface area is 273 Å². The van der Waals surface area contributed by atoms with Gasteiger partial charge in [-0.1, -0.05) is 101 Å². The zero-order valence-electron chi connectivity index (χ0n) is 29.2. The van der Waals surface area contributed by atoms with E-state index in [9.17, 15) is 5.26 Å². The number of nitriles is 1. The van der Waals surface area contributed by atoms with Gasteiger partial charge in [-0.15, -0.1) is 0 Å². The molecule has 0 N–H and O–H groups in total. The molecule has 1 aliphatic heterocycles. The molecule has 6 nitrogen and oxygen atoms in total. The maximum absolute atomic E-state index is 9.88. The van der Waals surface area contributed by atoms with Crippen LogP contribution in [-0.4, -0.2) is 51.4 Å². The quantitative estimate of drug-likeness (QED) is 0.136. The highest BCUT2D eigenvalue weighted by atomic mass is 28.4. The van der Waals surface area contributed by atoms with Gasteiger partial charge in [0.1, 0.15) is 11.7 Å². The van der Waals surface area contributed by atoms with Gasteiger partial charge in [0.2, 0.25) is 0 Å². The minimum absolute atomic E-state index is 0.122. The van der Waals surface area contributed by atoms with Gasteiger partial charge in [-0.25, -0.2) is 0 Å². The highest BCUT2D eigenvalue weighted by Crippen LogP contribution is 2.58. The molecule has 2 aromatic carbocycles. The highest BCUT2D eigenvalue weighted by molar-refractivity contribution is 6.99. The van der Waals surface area contributed by atoms with Crippen molar-refractivity contribution in [2.45, 2.75) is 130 Å². The summed E-state index contributed by atoms with van der Waals surface area (Å²) in [7, 11) is -2.75. The van der Waals surface area contributed by atoms with E-state index in [0.29, 0.717) is 26.1 Å². The highest BCUT2D eigenvalue weighted by Gasteiger charge is 2.63. The Bertz CT molecular complexity index is 1300. The molecule has 2 aromatic rings. The molecule has 0 bridgehead atoms. The largest absolute Gasteiger partial charge is 0.403 e. The van der Waals surface area contributed by atoms with Crippen LogP contribution in [0.1, 0.15) is 94.9 Å². The van der Waals surface area contributed by atoms with Crippen molar-refractivity contribution >= 4 is 18.7 Å². The molecule has 0 amide bonds. The standard InChI is InChI=1S/C38H55NO5Si/c1-11-40-29(3)42-30(26-39)22-23-34-38(44-37(9,10)43-34)25-24-28(2)33(36(38,7)8)27-41-45(35(4,5)6,31-18-14-12-15-19-31)32-20-16-13-17-21-32/h12-21,29-30,34H,11,22-25,27H2,1-10H3/t29?,30?,34-,38+/m0/s1. The van der Waals surface area contributed by atoms with Crippen LogP contribution in [0.2, 0.25) is 5.04 Å². The number of nitrogens with zero attached hydrogens (tertiary/aromatic N) is 1. The fraction of sp³-hybridized carbons (Fsp3) is 0.605. The monoisotopic (exact) mass is 633 g/mol. The van der Waals surface area contributed by atoms with Gasteiger partial charge in [0.05, 0.1) is 18.8 Å². The summed E-state index contributed by atoms with van der Waals surface area (Å²) < 4.78 is 32.6. The summed E-state index contributed by atoms with van der Waals surface area (Å²) >= 11 is 0. The summed E-state index contributed by atoms with van der Waals surface area (Å²) in [6.07, 6.45) is 1.69. The van der Waals surface area contributed by atoms with E-state index in [1.807, 2.05) is 27.7 Å². The van der Waals surface area contributed by atoms with Crippen LogP contribution in [0, 0.1) is 16.7 Å².